The maximum Gasteiger partial charge on any atom is 0.239 e. The van der Waals surface area contributed by atoms with Crippen LogP contribution >= 0.6 is 0 Å². The summed E-state index contributed by atoms with van der Waals surface area (Å²) in [6, 6.07) is 2.03. The van der Waals surface area contributed by atoms with Gasteiger partial charge in [0.25, 0.3) is 0 Å². The number of nitrogens with zero attached hydrogens (tertiary/aromatic N) is 4. The third kappa shape index (κ3) is 4.54. The molecule has 0 aliphatic carbocycles. The topological polar surface area (TPSA) is 81.6 Å². The molecule has 2 heterocycles. The number of rotatable bonds is 7. The van der Waals surface area contributed by atoms with Gasteiger partial charge in [-0.05, 0) is 33.1 Å². The summed E-state index contributed by atoms with van der Waals surface area (Å²) >= 11 is 0. The van der Waals surface area contributed by atoms with Crippen molar-refractivity contribution >= 4 is 17.5 Å². The quantitative estimate of drug-likeness (QED) is 0.773. The van der Waals surface area contributed by atoms with Gasteiger partial charge in [0.2, 0.25) is 5.91 Å². The van der Waals surface area contributed by atoms with Gasteiger partial charge in [-0.15, -0.1) is 0 Å². The summed E-state index contributed by atoms with van der Waals surface area (Å²) in [6.45, 7) is 6.53. The van der Waals surface area contributed by atoms with Gasteiger partial charge in [0.1, 0.15) is 18.0 Å². The Morgan fingerprint density at radius 3 is 2.96 bits per heavy atom. The van der Waals surface area contributed by atoms with Gasteiger partial charge >= 0.3 is 0 Å². The van der Waals surface area contributed by atoms with Crippen LogP contribution in [-0.4, -0.2) is 59.8 Å². The average Bonchev–Trinajstić information content (AvgIpc) is 2.60. The molecule has 0 radical (unpaired) electrons. The predicted octanol–water partition coefficient (Wildman–Crippen LogP) is 0.790. The number of aliphatic hydroxyl groups excluding tert-OH is 1. The van der Waals surface area contributed by atoms with Crippen LogP contribution in [0.25, 0.3) is 0 Å². The predicted molar refractivity (Wildman–Crippen MR) is 90.7 cm³/mol. The standard InChI is InChI=1S/C16H27N5O2/c1-3-17-16(23)10-20(4-2)14-9-15(19-12-18-14)21-8-6-5-7-13(21)11-22/h9,12-13,22H,3-8,10-11H2,1-2H3,(H,17,23). The van der Waals surface area contributed by atoms with E-state index in [0.717, 1.165) is 37.4 Å². The van der Waals surface area contributed by atoms with E-state index in [1.54, 1.807) is 0 Å². The average molecular weight is 321 g/mol. The zero-order chi connectivity index (χ0) is 16.7. The monoisotopic (exact) mass is 321 g/mol. The maximum atomic E-state index is 11.8. The van der Waals surface area contributed by atoms with Crippen molar-refractivity contribution in [2.24, 2.45) is 0 Å². The molecule has 0 bridgehead atoms. The third-order valence-electron chi connectivity index (χ3n) is 4.18. The number of likely N-dealkylation sites (N-methyl/N-ethyl adjacent to an activating group) is 2. The molecule has 1 aromatic heterocycles. The Labute approximate surface area is 137 Å². The first-order valence-electron chi connectivity index (χ1n) is 8.40. The summed E-state index contributed by atoms with van der Waals surface area (Å²) in [5.41, 5.74) is 0. The van der Waals surface area contributed by atoms with E-state index in [2.05, 4.69) is 20.2 Å². The van der Waals surface area contributed by atoms with Crippen molar-refractivity contribution in [2.75, 3.05) is 42.6 Å². The molecule has 0 aromatic carbocycles. The second kappa shape index (κ2) is 8.67. The number of nitrogens with one attached hydrogen (secondary N) is 1. The summed E-state index contributed by atoms with van der Waals surface area (Å²) in [5, 5.41) is 12.4. The smallest absolute Gasteiger partial charge is 0.239 e. The van der Waals surface area contributed by atoms with Gasteiger partial charge in [-0.25, -0.2) is 9.97 Å². The molecule has 23 heavy (non-hydrogen) atoms. The third-order valence-corrected chi connectivity index (χ3v) is 4.18. The summed E-state index contributed by atoms with van der Waals surface area (Å²) < 4.78 is 0. The van der Waals surface area contributed by atoms with E-state index in [-0.39, 0.29) is 25.1 Å². The van der Waals surface area contributed by atoms with Crippen molar-refractivity contribution in [3.8, 4) is 0 Å². The molecule has 1 unspecified atom stereocenters. The molecule has 1 aliphatic rings. The first kappa shape index (κ1) is 17.5. The van der Waals surface area contributed by atoms with Crippen LogP contribution in [0, 0.1) is 0 Å². The van der Waals surface area contributed by atoms with E-state index in [0.29, 0.717) is 13.1 Å². The highest BCUT2D eigenvalue weighted by molar-refractivity contribution is 5.81. The SMILES string of the molecule is CCNC(=O)CN(CC)c1cc(N2CCCCC2CO)ncn1. The number of carbonyl (C=O) groups is 1. The number of amides is 1. The number of hydrogen-bond acceptors (Lipinski definition) is 6. The molecular weight excluding hydrogens is 294 g/mol. The Kier molecular flexibility index (Phi) is 6.58. The van der Waals surface area contributed by atoms with Crippen molar-refractivity contribution in [3.63, 3.8) is 0 Å². The molecule has 128 valence electrons. The zero-order valence-corrected chi connectivity index (χ0v) is 14.0. The number of anilines is 2. The molecule has 1 amide bonds. The van der Waals surface area contributed by atoms with E-state index >= 15 is 0 Å². The molecule has 1 atom stereocenters. The summed E-state index contributed by atoms with van der Waals surface area (Å²) in [5.74, 6) is 1.55. The van der Waals surface area contributed by atoms with E-state index in [9.17, 15) is 9.90 Å². The Balaban J connectivity index is 2.15. The molecule has 1 fully saturated rings. The van der Waals surface area contributed by atoms with Crippen LogP contribution in [0.15, 0.2) is 12.4 Å². The highest BCUT2D eigenvalue weighted by Crippen LogP contribution is 2.25. The van der Waals surface area contributed by atoms with Crippen LogP contribution in [0.4, 0.5) is 11.6 Å². The van der Waals surface area contributed by atoms with Gasteiger partial charge in [0.15, 0.2) is 0 Å². The number of piperidine rings is 1. The van der Waals surface area contributed by atoms with Crippen LogP contribution in [0.2, 0.25) is 0 Å². The molecule has 1 saturated heterocycles. The minimum absolute atomic E-state index is 0.0132. The lowest BCUT2D eigenvalue weighted by Crippen LogP contribution is -2.42. The van der Waals surface area contributed by atoms with Crippen molar-refractivity contribution < 1.29 is 9.90 Å². The van der Waals surface area contributed by atoms with Crippen LogP contribution in [0.5, 0.6) is 0 Å². The molecule has 0 spiro atoms. The summed E-state index contributed by atoms with van der Waals surface area (Å²) in [4.78, 5) is 24.6. The first-order chi connectivity index (χ1) is 11.2. The van der Waals surface area contributed by atoms with Crippen LogP contribution < -0.4 is 15.1 Å². The van der Waals surface area contributed by atoms with Gasteiger partial charge in [0, 0.05) is 25.7 Å². The Morgan fingerprint density at radius 1 is 1.43 bits per heavy atom. The lowest BCUT2D eigenvalue weighted by molar-refractivity contribution is -0.119. The van der Waals surface area contributed by atoms with Crippen molar-refractivity contribution in [1.82, 2.24) is 15.3 Å². The fourth-order valence-electron chi connectivity index (χ4n) is 2.94. The minimum atomic E-state index is -0.0132. The summed E-state index contributed by atoms with van der Waals surface area (Å²) in [6.07, 6.45) is 4.75. The van der Waals surface area contributed by atoms with Crippen molar-refractivity contribution in [2.45, 2.75) is 39.2 Å². The number of carbonyl (C=O) groups excluding carboxylic acids is 1. The number of aliphatic hydroxyl groups is 1. The second-order valence-electron chi connectivity index (χ2n) is 5.73. The fraction of sp³-hybridized carbons (Fsp3) is 0.688. The molecule has 7 heteroatoms. The van der Waals surface area contributed by atoms with Gasteiger partial charge < -0.3 is 20.2 Å². The van der Waals surface area contributed by atoms with Crippen LogP contribution in [0.1, 0.15) is 33.1 Å². The molecule has 2 rings (SSSR count). The van der Waals surface area contributed by atoms with Gasteiger partial charge in [0.05, 0.1) is 19.2 Å². The first-order valence-corrected chi connectivity index (χ1v) is 8.40. The molecule has 1 aromatic rings. The van der Waals surface area contributed by atoms with Crippen LogP contribution in [0.3, 0.4) is 0 Å². The van der Waals surface area contributed by atoms with E-state index in [1.165, 1.54) is 6.33 Å². The second-order valence-corrected chi connectivity index (χ2v) is 5.73. The summed E-state index contributed by atoms with van der Waals surface area (Å²) in [7, 11) is 0. The van der Waals surface area contributed by atoms with E-state index in [4.69, 9.17) is 0 Å². The molecular formula is C16H27N5O2. The van der Waals surface area contributed by atoms with E-state index in [1.807, 2.05) is 24.8 Å². The van der Waals surface area contributed by atoms with Gasteiger partial charge in [-0.1, -0.05) is 0 Å². The Hall–Kier alpha value is -1.89. The Morgan fingerprint density at radius 2 is 2.26 bits per heavy atom. The fourth-order valence-corrected chi connectivity index (χ4v) is 2.94. The zero-order valence-electron chi connectivity index (χ0n) is 14.0. The lowest BCUT2D eigenvalue weighted by atomic mass is 10.0. The number of aromatic nitrogens is 2. The van der Waals surface area contributed by atoms with Gasteiger partial charge in [-0.2, -0.15) is 0 Å². The highest BCUT2D eigenvalue weighted by Gasteiger charge is 2.23. The molecule has 7 nitrogen and oxygen atoms in total. The van der Waals surface area contributed by atoms with Crippen molar-refractivity contribution in [1.29, 1.82) is 0 Å². The minimum Gasteiger partial charge on any atom is -0.394 e. The molecule has 2 N–H and O–H groups in total. The normalized spacial score (nSPS) is 17.9. The van der Waals surface area contributed by atoms with Crippen LogP contribution in [-0.2, 0) is 4.79 Å². The van der Waals surface area contributed by atoms with E-state index < -0.39 is 0 Å². The number of hydrogen-bond donors (Lipinski definition) is 2. The molecule has 1 aliphatic heterocycles. The largest absolute Gasteiger partial charge is 0.394 e. The van der Waals surface area contributed by atoms with Gasteiger partial charge in [-0.3, -0.25) is 4.79 Å². The lowest BCUT2D eigenvalue weighted by Gasteiger charge is -2.35. The van der Waals surface area contributed by atoms with Crippen molar-refractivity contribution in [3.05, 3.63) is 12.4 Å². The maximum absolute atomic E-state index is 11.8. The molecule has 0 saturated carbocycles. The highest BCUT2D eigenvalue weighted by atomic mass is 16.3. The Bertz CT molecular complexity index is 511.